The molecule has 2 unspecified atom stereocenters. The summed E-state index contributed by atoms with van der Waals surface area (Å²) in [4.78, 5) is 23.5. The maximum Gasteiger partial charge on any atom is 0.268 e. The summed E-state index contributed by atoms with van der Waals surface area (Å²) in [7, 11) is 0. The van der Waals surface area contributed by atoms with Crippen LogP contribution in [-0.2, 0) is 14.3 Å². The highest BCUT2D eigenvalue weighted by Gasteiger charge is 2.32. The van der Waals surface area contributed by atoms with E-state index in [0.717, 1.165) is 32.3 Å². The third-order valence-corrected chi connectivity index (χ3v) is 3.75. The molecule has 0 aromatic carbocycles. The molecule has 1 aliphatic heterocycles. The van der Waals surface area contributed by atoms with E-state index >= 15 is 0 Å². The predicted octanol–water partition coefficient (Wildman–Crippen LogP) is 2.47. The van der Waals surface area contributed by atoms with Gasteiger partial charge in [0.25, 0.3) is 5.91 Å². The fourth-order valence-electron chi connectivity index (χ4n) is 2.57. The van der Waals surface area contributed by atoms with Crippen molar-refractivity contribution in [3.05, 3.63) is 11.1 Å². The second-order valence-electron chi connectivity index (χ2n) is 5.40. The van der Waals surface area contributed by atoms with E-state index in [1.807, 2.05) is 6.07 Å². The Morgan fingerprint density at radius 1 is 1.29 bits per heavy atom. The minimum absolute atomic E-state index is 0.0705. The minimum Gasteiger partial charge on any atom is -0.378 e. The molecule has 5 heteroatoms. The number of nitrogens with zero attached hydrogens (tertiary/aromatic N) is 1. The number of rotatable bonds is 8. The molecule has 1 aliphatic rings. The lowest BCUT2D eigenvalue weighted by Crippen LogP contribution is -2.42. The number of carbonyl (C=O) groups excluding carboxylic acids is 2. The summed E-state index contributed by atoms with van der Waals surface area (Å²) < 4.78 is 5.79. The quantitative estimate of drug-likeness (QED) is 0.697. The molecule has 1 rings (SSSR count). The Balaban J connectivity index is 2.71. The van der Waals surface area contributed by atoms with Crippen LogP contribution in [0.2, 0.25) is 0 Å². The summed E-state index contributed by atoms with van der Waals surface area (Å²) in [5, 5.41) is 11.3. The van der Waals surface area contributed by atoms with Crippen LogP contribution in [0, 0.1) is 17.2 Å². The molecule has 2 amide bonds. The number of imide groups is 1. The zero-order chi connectivity index (χ0) is 15.8. The predicted molar refractivity (Wildman–Crippen MR) is 79.1 cm³/mol. The Bertz CT molecular complexity index is 463. The smallest absolute Gasteiger partial charge is 0.268 e. The van der Waals surface area contributed by atoms with Crippen molar-refractivity contribution in [3.63, 3.8) is 0 Å². The highest BCUT2D eigenvalue weighted by Crippen LogP contribution is 2.26. The number of carbonyl (C=O) groups is 2. The van der Waals surface area contributed by atoms with Gasteiger partial charge in [-0.25, -0.2) is 0 Å². The van der Waals surface area contributed by atoms with Crippen molar-refractivity contribution >= 4 is 11.8 Å². The first-order valence-electron chi connectivity index (χ1n) is 7.62. The second-order valence-corrected chi connectivity index (χ2v) is 5.40. The zero-order valence-electron chi connectivity index (χ0n) is 13.1. The maximum atomic E-state index is 11.9. The van der Waals surface area contributed by atoms with E-state index in [4.69, 9.17) is 10.00 Å². The molecule has 0 spiro atoms. The fourth-order valence-corrected chi connectivity index (χ4v) is 2.57. The van der Waals surface area contributed by atoms with Crippen LogP contribution in [0.15, 0.2) is 11.1 Å². The Labute approximate surface area is 126 Å². The van der Waals surface area contributed by atoms with Gasteiger partial charge in [0.15, 0.2) is 0 Å². The van der Waals surface area contributed by atoms with Crippen LogP contribution >= 0.6 is 0 Å². The molecule has 0 aromatic rings. The van der Waals surface area contributed by atoms with Crippen LogP contribution in [0.5, 0.6) is 0 Å². The lowest BCUT2D eigenvalue weighted by Gasteiger charge is -2.25. The molecule has 1 N–H and O–H groups in total. The Morgan fingerprint density at radius 2 is 2.00 bits per heavy atom. The van der Waals surface area contributed by atoms with Crippen LogP contribution in [-0.4, -0.2) is 24.5 Å². The van der Waals surface area contributed by atoms with E-state index in [9.17, 15) is 9.59 Å². The van der Waals surface area contributed by atoms with Crippen LogP contribution in [0.25, 0.3) is 0 Å². The minimum atomic E-state index is -0.580. The number of nitrogens with one attached hydrogen (secondary N) is 1. The van der Waals surface area contributed by atoms with Gasteiger partial charge in [0.1, 0.15) is 11.6 Å². The molecule has 2 atom stereocenters. The molecule has 5 nitrogen and oxygen atoms in total. The summed E-state index contributed by atoms with van der Waals surface area (Å²) in [5.41, 5.74) is 0.651. The summed E-state index contributed by atoms with van der Waals surface area (Å²) in [5.74, 6) is -1.28. The van der Waals surface area contributed by atoms with Gasteiger partial charge in [0.2, 0.25) is 5.91 Å². The molecule has 0 fully saturated rings. The summed E-state index contributed by atoms with van der Waals surface area (Å²) in [6, 6.07) is 1.89. The molecular formula is C16H24N2O3. The van der Waals surface area contributed by atoms with Crippen LogP contribution in [0.1, 0.15) is 52.9 Å². The highest BCUT2D eigenvalue weighted by molar-refractivity contribution is 6.11. The average Bonchev–Trinajstić information content (AvgIpc) is 2.44. The Morgan fingerprint density at radius 3 is 2.57 bits per heavy atom. The van der Waals surface area contributed by atoms with Gasteiger partial charge in [-0.1, -0.05) is 20.3 Å². The zero-order valence-corrected chi connectivity index (χ0v) is 13.1. The molecule has 1 heterocycles. The van der Waals surface area contributed by atoms with E-state index in [0.29, 0.717) is 12.0 Å². The maximum absolute atomic E-state index is 11.9. The second kappa shape index (κ2) is 8.58. The van der Waals surface area contributed by atoms with Crippen molar-refractivity contribution < 1.29 is 14.3 Å². The first kappa shape index (κ1) is 17.4. The van der Waals surface area contributed by atoms with E-state index < -0.39 is 11.8 Å². The van der Waals surface area contributed by atoms with Crippen LogP contribution < -0.4 is 5.32 Å². The van der Waals surface area contributed by atoms with Gasteiger partial charge in [-0.2, -0.15) is 5.26 Å². The molecule has 0 radical (unpaired) electrons. The highest BCUT2D eigenvalue weighted by atomic mass is 16.5. The lowest BCUT2D eigenvalue weighted by atomic mass is 9.86. The normalized spacial score (nSPS) is 20.2. The standard InChI is InChI=1S/C16H24N2O3/c1-4-6-12(21-9-5-2)7-8-13-11(3)14(10-17)16(20)18-15(13)19/h12-13H,4-9H2,1-3H3,(H,18,19,20). The number of amides is 2. The summed E-state index contributed by atoms with van der Waals surface area (Å²) >= 11 is 0. The topological polar surface area (TPSA) is 79.2 Å². The Kier molecular flexibility index (Phi) is 7.10. The molecular weight excluding hydrogens is 268 g/mol. The molecule has 0 saturated heterocycles. The number of hydrogen-bond acceptors (Lipinski definition) is 4. The first-order chi connectivity index (χ1) is 10.0. The van der Waals surface area contributed by atoms with Crippen LogP contribution in [0.3, 0.4) is 0 Å². The summed E-state index contributed by atoms with van der Waals surface area (Å²) in [6.07, 6.45) is 4.46. The van der Waals surface area contributed by atoms with Crippen molar-refractivity contribution in [1.29, 1.82) is 5.26 Å². The van der Waals surface area contributed by atoms with Gasteiger partial charge in [0.05, 0.1) is 12.0 Å². The average molecular weight is 292 g/mol. The van der Waals surface area contributed by atoms with Gasteiger partial charge >= 0.3 is 0 Å². The van der Waals surface area contributed by atoms with Gasteiger partial charge in [0, 0.05) is 6.61 Å². The van der Waals surface area contributed by atoms with E-state index in [-0.39, 0.29) is 17.6 Å². The molecule has 0 saturated carbocycles. The van der Waals surface area contributed by atoms with E-state index in [1.54, 1.807) is 6.92 Å². The van der Waals surface area contributed by atoms with Crippen molar-refractivity contribution in [1.82, 2.24) is 5.32 Å². The van der Waals surface area contributed by atoms with Crippen molar-refractivity contribution in [2.75, 3.05) is 6.61 Å². The van der Waals surface area contributed by atoms with Gasteiger partial charge < -0.3 is 4.74 Å². The van der Waals surface area contributed by atoms with E-state index in [1.165, 1.54) is 0 Å². The first-order valence-corrected chi connectivity index (χ1v) is 7.62. The third kappa shape index (κ3) is 4.68. The number of hydrogen-bond donors (Lipinski definition) is 1. The number of nitriles is 1. The van der Waals surface area contributed by atoms with Crippen LogP contribution in [0.4, 0.5) is 0 Å². The largest absolute Gasteiger partial charge is 0.378 e. The van der Waals surface area contributed by atoms with Crippen molar-refractivity contribution in [3.8, 4) is 6.07 Å². The van der Waals surface area contributed by atoms with Crippen molar-refractivity contribution in [2.24, 2.45) is 5.92 Å². The summed E-state index contributed by atoms with van der Waals surface area (Å²) in [6.45, 7) is 6.59. The third-order valence-electron chi connectivity index (χ3n) is 3.75. The molecule has 116 valence electrons. The Hall–Kier alpha value is -1.67. The SMILES string of the molecule is CCCOC(CCC)CCC1C(=O)NC(=O)C(C#N)=C1C. The fraction of sp³-hybridized carbons (Fsp3) is 0.688. The molecule has 0 bridgehead atoms. The van der Waals surface area contributed by atoms with Gasteiger partial charge in [-0.05, 0) is 38.2 Å². The van der Waals surface area contributed by atoms with Crippen molar-refractivity contribution in [2.45, 2.75) is 59.0 Å². The van der Waals surface area contributed by atoms with Gasteiger partial charge in [-0.3, -0.25) is 14.9 Å². The molecule has 0 aliphatic carbocycles. The number of ether oxygens (including phenoxy) is 1. The lowest BCUT2D eigenvalue weighted by molar-refractivity contribution is -0.131. The van der Waals surface area contributed by atoms with E-state index in [2.05, 4.69) is 19.2 Å². The van der Waals surface area contributed by atoms with Gasteiger partial charge in [-0.15, -0.1) is 0 Å². The molecule has 0 aromatic heterocycles. The monoisotopic (exact) mass is 292 g/mol. The molecule has 21 heavy (non-hydrogen) atoms.